The summed E-state index contributed by atoms with van der Waals surface area (Å²) in [5.74, 6) is 0.804. The van der Waals surface area contributed by atoms with Gasteiger partial charge >= 0.3 is 5.97 Å². The molecule has 0 heterocycles. The van der Waals surface area contributed by atoms with Crippen molar-refractivity contribution in [3.8, 4) is 17.2 Å². The van der Waals surface area contributed by atoms with E-state index in [0.29, 0.717) is 22.8 Å². The predicted octanol–water partition coefficient (Wildman–Crippen LogP) is 3.38. The topological polar surface area (TPSA) is 54.0 Å². The van der Waals surface area contributed by atoms with Crippen LogP contribution in [0.15, 0.2) is 36.4 Å². The highest BCUT2D eigenvalue weighted by Gasteiger charge is 2.17. The third-order valence-corrected chi connectivity index (χ3v) is 3.39. The number of carbonyl (C=O) groups excluding carboxylic acids is 1. The maximum atomic E-state index is 12.2. The summed E-state index contributed by atoms with van der Waals surface area (Å²) in [6.07, 6.45) is 0. The van der Waals surface area contributed by atoms with E-state index in [0.717, 1.165) is 11.1 Å². The van der Waals surface area contributed by atoms with Crippen molar-refractivity contribution >= 4 is 5.97 Å². The lowest BCUT2D eigenvalue weighted by atomic mass is 10.1. The normalized spacial score (nSPS) is 10.1. The lowest BCUT2D eigenvalue weighted by Gasteiger charge is -2.13. The Morgan fingerprint density at radius 2 is 1.48 bits per heavy atom. The van der Waals surface area contributed by atoms with Gasteiger partial charge in [0.2, 0.25) is 5.75 Å². The zero-order valence-corrected chi connectivity index (χ0v) is 13.7. The molecule has 5 nitrogen and oxygen atoms in total. The van der Waals surface area contributed by atoms with Gasteiger partial charge in [-0.25, -0.2) is 4.79 Å². The number of hydrogen-bond donors (Lipinski definition) is 0. The quantitative estimate of drug-likeness (QED) is 0.765. The van der Waals surface area contributed by atoms with E-state index in [1.54, 1.807) is 12.1 Å². The van der Waals surface area contributed by atoms with Gasteiger partial charge in [0.1, 0.15) is 6.61 Å². The van der Waals surface area contributed by atoms with E-state index in [2.05, 4.69) is 0 Å². The first-order chi connectivity index (χ1) is 11.1. The molecule has 0 amide bonds. The molecule has 0 saturated carbocycles. The Bertz CT molecular complexity index is 651. The highest BCUT2D eigenvalue weighted by molar-refractivity contribution is 5.91. The summed E-state index contributed by atoms with van der Waals surface area (Å²) >= 11 is 0. The van der Waals surface area contributed by atoms with Gasteiger partial charge in [0, 0.05) is 0 Å². The summed E-state index contributed by atoms with van der Waals surface area (Å²) < 4.78 is 21.0. The summed E-state index contributed by atoms with van der Waals surface area (Å²) in [6.45, 7) is 2.21. The molecule has 2 rings (SSSR count). The molecule has 0 unspecified atom stereocenters. The average Bonchev–Trinajstić information content (AvgIpc) is 2.59. The highest BCUT2D eigenvalue weighted by Crippen LogP contribution is 2.38. The molecule has 0 fully saturated rings. The molecule has 0 bridgehead atoms. The van der Waals surface area contributed by atoms with Crippen molar-refractivity contribution in [1.29, 1.82) is 0 Å². The van der Waals surface area contributed by atoms with Crippen molar-refractivity contribution in [3.63, 3.8) is 0 Å². The van der Waals surface area contributed by atoms with Gasteiger partial charge in [-0.3, -0.25) is 0 Å². The van der Waals surface area contributed by atoms with Crippen LogP contribution in [-0.2, 0) is 11.3 Å². The van der Waals surface area contributed by atoms with E-state index in [-0.39, 0.29) is 6.61 Å². The molecule has 0 atom stereocenters. The number of carbonyl (C=O) groups is 1. The summed E-state index contributed by atoms with van der Waals surface area (Å²) in [5.41, 5.74) is 2.42. The molecule has 2 aromatic rings. The van der Waals surface area contributed by atoms with E-state index in [1.165, 1.54) is 21.3 Å². The fraction of sp³-hybridized carbons (Fsp3) is 0.278. The zero-order chi connectivity index (χ0) is 16.8. The van der Waals surface area contributed by atoms with Gasteiger partial charge < -0.3 is 18.9 Å². The first-order valence-corrected chi connectivity index (χ1v) is 7.11. The molecule has 0 aliphatic carbocycles. The van der Waals surface area contributed by atoms with Crippen LogP contribution in [0, 0.1) is 6.92 Å². The molecule has 23 heavy (non-hydrogen) atoms. The van der Waals surface area contributed by atoms with Gasteiger partial charge in [-0.1, -0.05) is 29.8 Å². The Morgan fingerprint density at radius 1 is 0.913 bits per heavy atom. The van der Waals surface area contributed by atoms with Gasteiger partial charge in [-0.15, -0.1) is 0 Å². The first kappa shape index (κ1) is 16.7. The Kier molecular flexibility index (Phi) is 5.46. The van der Waals surface area contributed by atoms with Crippen molar-refractivity contribution in [2.24, 2.45) is 0 Å². The predicted molar refractivity (Wildman–Crippen MR) is 86.4 cm³/mol. The molecular weight excluding hydrogens is 296 g/mol. The smallest absolute Gasteiger partial charge is 0.338 e. The zero-order valence-electron chi connectivity index (χ0n) is 13.7. The SMILES string of the molecule is COc1cc(C(=O)OCc2ccc(C)cc2)cc(OC)c1OC. The van der Waals surface area contributed by atoms with Gasteiger partial charge in [0.05, 0.1) is 26.9 Å². The van der Waals surface area contributed by atoms with Crippen molar-refractivity contribution in [2.45, 2.75) is 13.5 Å². The molecule has 0 N–H and O–H groups in total. The molecular formula is C18H20O5. The summed E-state index contributed by atoms with van der Waals surface area (Å²) in [5, 5.41) is 0. The molecule has 0 spiro atoms. The monoisotopic (exact) mass is 316 g/mol. The maximum absolute atomic E-state index is 12.2. The largest absolute Gasteiger partial charge is 0.493 e. The Balaban J connectivity index is 2.16. The summed E-state index contributed by atoms with van der Waals surface area (Å²) in [4.78, 5) is 12.2. The second-order valence-corrected chi connectivity index (χ2v) is 4.98. The molecule has 0 aromatic heterocycles. The van der Waals surface area contributed by atoms with Crippen molar-refractivity contribution < 1.29 is 23.7 Å². The van der Waals surface area contributed by atoms with Crippen LogP contribution < -0.4 is 14.2 Å². The van der Waals surface area contributed by atoms with Crippen LogP contribution in [0.25, 0.3) is 0 Å². The molecule has 5 heteroatoms. The number of aryl methyl sites for hydroxylation is 1. The van der Waals surface area contributed by atoms with Crippen LogP contribution in [0.4, 0.5) is 0 Å². The molecule has 0 radical (unpaired) electrons. The van der Waals surface area contributed by atoms with Gasteiger partial charge in [0.15, 0.2) is 11.5 Å². The van der Waals surface area contributed by atoms with Crippen LogP contribution in [0.5, 0.6) is 17.2 Å². The van der Waals surface area contributed by atoms with Gasteiger partial charge in [-0.05, 0) is 24.6 Å². The van der Waals surface area contributed by atoms with E-state index in [9.17, 15) is 4.79 Å². The number of esters is 1. The third-order valence-electron chi connectivity index (χ3n) is 3.39. The third kappa shape index (κ3) is 3.94. The van der Waals surface area contributed by atoms with Crippen molar-refractivity contribution in [3.05, 3.63) is 53.1 Å². The van der Waals surface area contributed by atoms with Crippen LogP contribution >= 0.6 is 0 Å². The second kappa shape index (κ2) is 7.54. The maximum Gasteiger partial charge on any atom is 0.338 e. The van der Waals surface area contributed by atoms with E-state index >= 15 is 0 Å². The average molecular weight is 316 g/mol. The summed E-state index contributed by atoms with van der Waals surface area (Å²) in [7, 11) is 4.51. The number of hydrogen-bond acceptors (Lipinski definition) is 5. The summed E-state index contributed by atoms with van der Waals surface area (Å²) in [6, 6.07) is 10.9. The lowest BCUT2D eigenvalue weighted by molar-refractivity contribution is 0.0472. The van der Waals surface area contributed by atoms with Gasteiger partial charge in [0.25, 0.3) is 0 Å². The van der Waals surface area contributed by atoms with Crippen LogP contribution in [-0.4, -0.2) is 27.3 Å². The second-order valence-electron chi connectivity index (χ2n) is 4.98. The Morgan fingerprint density at radius 3 is 1.96 bits per heavy atom. The minimum Gasteiger partial charge on any atom is -0.493 e. The molecule has 122 valence electrons. The Hall–Kier alpha value is -2.69. The van der Waals surface area contributed by atoms with Gasteiger partial charge in [-0.2, -0.15) is 0 Å². The first-order valence-electron chi connectivity index (χ1n) is 7.11. The van der Waals surface area contributed by atoms with Crippen molar-refractivity contribution in [1.82, 2.24) is 0 Å². The Labute approximate surface area is 135 Å². The van der Waals surface area contributed by atoms with Crippen LogP contribution in [0.2, 0.25) is 0 Å². The lowest BCUT2D eigenvalue weighted by Crippen LogP contribution is -2.07. The van der Waals surface area contributed by atoms with E-state index < -0.39 is 5.97 Å². The minimum atomic E-state index is -0.454. The number of rotatable bonds is 6. The fourth-order valence-electron chi connectivity index (χ4n) is 2.12. The molecule has 0 aliphatic rings. The number of methoxy groups -OCH3 is 3. The molecule has 0 saturated heterocycles. The van der Waals surface area contributed by atoms with E-state index in [1.807, 2.05) is 31.2 Å². The fourth-order valence-corrected chi connectivity index (χ4v) is 2.12. The molecule has 2 aromatic carbocycles. The van der Waals surface area contributed by atoms with Crippen LogP contribution in [0.1, 0.15) is 21.5 Å². The minimum absolute atomic E-state index is 0.204. The number of benzene rings is 2. The molecule has 0 aliphatic heterocycles. The van der Waals surface area contributed by atoms with Crippen LogP contribution in [0.3, 0.4) is 0 Å². The number of ether oxygens (including phenoxy) is 4. The van der Waals surface area contributed by atoms with E-state index in [4.69, 9.17) is 18.9 Å². The standard InChI is InChI=1S/C18H20O5/c1-12-5-7-13(8-6-12)11-23-18(19)14-9-15(20-2)17(22-4)16(10-14)21-3/h5-10H,11H2,1-4H3. The highest BCUT2D eigenvalue weighted by atomic mass is 16.5. The van der Waals surface area contributed by atoms with Crippen molar-refractivity contribution in [2.75, 3.05) is 21.3 Å².